The van der Waals surface area contributed by atoms with Crippen molar-refractivity contribution in [1.29, 1.82) is 0 Å². The SMILES string of the molecule is C=CC[C@@H](CO)CC(S(=O)(=O)c1ccccc1)S(=O)(=O)c1ccccc1. The van der Waals surface area contributed by atoms with Crippen LogP contribution in [0.25, 0.3) is 0 Å². The largest absolute Gasteiger partial charge is 0.396 e. The van der Waals surface area contributed by atoms with Gasteiger partial charge in [-0.05, 0) is 43.0 Å². The quantitative estimate of drug-likeness (QED) is 0.661. The van der Waals surface area contributed by atoms with E-state index in [0.717, 1.165) is 0 Å². The molecule has 0 spiro atoms. The highest BCUT2D eigenvalue weighted by Crippen LogP contribution is 2.31. The minimum Gasteiger partial charge on any atom is -0.396 e. The predicted octanol–water partition coefficient (Wildman–Crippen LogP) is 2.84. The van der Waals surface area contributed by atoms with Crippen molar-refractivity contribution in [2.45, 2.75) is 27.2 Å². The molecule has 0 heterocycles. The lowest BCUT2D eigenvalue weighted by Gasteiger charge is -2.22. The number of sulfone groups is 2. The molecule has 0 aliphatic heterocycles. The molecule has 5 nitrogen and oxygen atoms in total. The zero-order chi connectivity index (χ0) is 19.2. The summed E-state index contributed by atoms with van der Waals surface area (Å²) in [5, 5.41) is 9.54. The van der Waals surface area contributed by atoms with E-state index in [0.29, 0.717) is 6.42 Å². The van der Waals surface area contributed by atoms with E-state index in [1.165, 1.54) is 24.3 Å². The normalized spacial score (nSPS) is 13.5. The Labute approximate surface area is 154 Å². The number of benzene rings is 2. The van der Waals surface area contributed by atoms with E-state index in [1.54, 1.807) is 42.5 Å². The van der Waals surface area contributed by atoms with Gasteiger partial charge in [-0.3, -0.25) is 0 Å². The van der Waals surface area contributed by atoms with E-state index in [1.807, 2.05) is 0 Å². The fourth-order valence-electron chi connectivity index (χ4n) is 2.70. The molecule has 0 saturated heterocycles. The molecule has 7 heteroatoms. The molecule has 140 valence electrons. The molecule has 0 bridgehead atoms. The third kappa shape index (κ3) is 4.41. The zero-order valence-electron chi connectivity index (χ0n) is 14.2. The van der Waals surface area contributed by atoms with Gasteiger partial charge in [-0.25, -0.2) is 16.8 Å². The van der Waals surface area contributed by atoms with Crippen molar-refractivity contribution < 1.29 is 21.9 Å². The summed E-state index contributed by atoms with van der Waals surface area (Å²) in [6.45, 7) is 3.26. The summed E-state index contributed by atoms with van der Waals surface area (Å²) in [5.74, 6) is -0.519. The van der Waals surface area contributed by atoms with Crippen LogP contribution in [-0.2, 0) is 19.7 Å². The summed E-state index contributed by atoms with van der Waals surface area (Å²) in [6, 6.07) is 15.0. The Morgan fingerprint density at radius 1 is 0.846 bits per heavy atom. The van der Waals surface area contributed by atoms with Gasteiger partial charge in [0, 0.05) is 6.61 Å². The Morgan fingerprint density at radius 2 is 1.27 bits per heavy atom. The lowest BCUT2D eigenvalue weighted by Crippen LogP contribution is -2.33. The van der Waals surface area contributed by atoms with Crippen LogP contribution in [-0.4, -0.2) is 33.1 Å². The van der Waals surface area contributed by atoms with Crippen molar-refractivity contribution in [3.05, 3.63) is 73.3 Å². The summed E-state index contributed by atoms with van der Waals surface area (Å²) in [6.07, 6.45) is 1.65. The summed E-state index contributed by atoms with van der Waals surface area (Å²) in [7, 11) is -8.33. The molecule has 0 aliphatic rings. The van der Waals surface area contributed by atoms with Gasteiger partial charge in [0.1, 0.15) is 0 Å². The Kier molecular flexibility index (Phi) is 6.75. The van der Waals surface area contributed by atoms with Crippen LogP contribution in [0.5, 0.6) is 0 Å². The summed E-state index contributed by atoms with van der Waals surface area (Å²) >= 11 is 0. The molecule has 2 aromatic rings. The van der Waals surface area contributed by atoms with Gasteiger partial charge in [0.05, 0.1) is 9.79 Å². The predicted molar refractivity (Wildman–Crippen MR) is 101 cm³/mol. The molecular formula is C19H22O5S2. The average Bonchev–Trinajstić information content (AvgIpc) is 2.66. The standard InChI is InChI=1S/C19H22O5S2/c1-2-9-16(15-20)14-19(25(21,22)17-10-5-3-6-11-17)26(23,24)18-12-7-4-8-13-18/h2-8,10-13,16,19-20H,1,9,14-15H2/t16-/m1/s1. The maximum Gasteiger partial charge on any atom is 0.195 e. The van der Waals surface area contributed by atoms with Gasteiger partial charge in [0.15, 0.2) is 24.3 Å². The molecule has 0 fully saturated rings. The minimum atomic E-state index is -4.16. The molecule has 0 aliphatic carbocycles. The highest BCUT2D eigenvalue weighted by atomic mass is 32.3. The first-order chi connectivity index (χ1) is 12.3. The Balaban J connectivity index is 2.58. The van der Waals surface area contributed by atoms with Crippen LogP contribution in [0.4, 0.5) is 0 Å². The van der Waals surface area contributed by atoms with Crippen molar-refractivity contribution in [2.24, 2.45) is 5.92 Å². The molecule has 2 rings (SSSR count). The lowest BCUT2D eigenvalue weighted by atomic mass is 10.0. The fourth-order valence-corrected chi connectivity index (χ4v) is 7.43. The first kappa shape index (κ1) is 20.4. The highest BCUT2D eigenvalue weighted by molar-refractivity contribution is 8.09. The van der Waals surface area contributed by atoms with E-state index in [4.69, 9.17) is 0 Å². The van der Waals surface area contributed by atoms with Gasteiger partial charge < -0.3 is 5.11 Å². The van der Waals surface area contributed by atoms with Gasteiger partial charge in [-0.2, -0.15) is 0 Å². The average molecular weight is 395 g/mol. The smallest absolute Gasteiger partial charge is 0.195 e. The van der Waals surface area contributed by atoms with Gasteiger partial charge >= 0.3 is 0 Å². The van der Waals surface area contributed by atoms with Crippen molar-refractivity contribution in [1.82, 2.24) is 0 Å². The monoisotopic (exact) mass is 394 g/mol. The molecule has 0 amide bonds. The Hall–Kier alpha value is -1.96. The number of aliphatic hydroxyl groups excluding tert-OH is 1. The molecule has 0 radical (unpaired) electrons. The topological polar surface area (TPSA) is 88.5 Å². The minimum absolute atomic E-state index is 0.0557. The first-order valence-corrected chi connectivity index (χ1v) is 11.2. The molecule has 2 aromatic carbocycles. The van der Waals surface area contributed by atoms with Gasteiger partial charge in [0.25, 0.3) is 0 Å². The summed E-state index contributed by atoms with van der Waals surface area (Å²) in [5.41, 5.74) is 0. The maximum atomic E-state index is 13.1. The van der Waals surface area contributed by atoms with Crippen molar-refractivity contribution >= 4 is 19.7 Å². The molecule has 1 atom stereocenters. The third-order valence-corrected chi connectivity index (χ3v) is 9.27. The lowest BCUT2D eigenvalue weighted by molar-refractivity contribution is 0.222. The van der Waals surface area contributed by atoms with Crippen LogP contribution in [0.3, 0.4) is 0 Å². The Bertz CT molecular complexity index is 851. The van der Waals surface area contributed by atoms with Crippen LogP contribution in [0.1, 0.15) is 12.8 Å². The van der Waals surface area contributed by atoms with E-state index in [-0.39, 0.29) is 22.8 Å². The van der Waals surface area contributed by atoms with Crippen molar-refractivity contribution in [3.63, 3.8) is 0 Å². The van der Waals surface area contributed by atoms with Crippen molar-refractivity contribution in [2.75, 3.05) is 6.61 Å². The number of hydrogen-bond acceptors (Lipinski definition) is 5. The summed E-state index contributed by atoms with van der Waals surface area (Å²) < 4.78 is 50.8. The second kappa shape index (κ2) is 8.62. The van der Waals surface area contributed by atoms with Crippen molar-refractivity contribution in [3.8, 4) is 0 Å². The maximum absolute atomic E-state index is 13.1. The van der Waals surface area contributed by atoms with Crippen LogP contribution in [0.15, 0.2) is 83.1 Å². The molecule has 0 aromatic heterocycles. The number of hydrogen-bond donors (Lipinski definition) is 1. The van der Waals surface area contributed by atoms with Crippen LogP contribution in [0.2, 0.25) is 0 Å². The third-order valence-electron chi connectivity index (χ3n) is 4.12. The van der Waals surface area contributed by atoms with Crippen LogP contribution >= 0.6 is 0 Å². The van der Waals surface area contributed by atoms with Gasteiger partial charge in [-0.1, -0.05) is 42.5 Å². The second-order valence-corrected chi connectivity index (χ2v) is 10.5. The summed E-state index contributed by atoms with van der Waals surface area (Å²) in [4.78, 5) is -0.111. The molecule has 1 N–H and O–H groups in total. The zero-order valence-corrected chi connectivity index (χ0v) is 15.9. The van der Waals surface area contributed by atoms with Crippen LogP contribution in [0, 0.1) is 5.92 Å². The molecule has 26 heavy (non-hydrogen) atoms. The molecular weight excluding hydrogens is 372 g/mol. The number of aliphatic hydroxyl groups is 1. The number of allylic oxidation sites excluding steroid dienone is 1. The van der Waals surface area contributed by atoms with E-state index >= 15 is 0 Å². The highest BCUT2D eigenvalue weighted by Gasteiger charge is 2.41. The molecule has 0 saturated carbocycles. The second-order valence-electron chi connectivity index (χ2n) is 5.95. The first-order valence-electron chi connectivity index (χ1n) is 8.13. The Morgan fingerprint density at radius 3 is 1.62 bits per heavy atom. The number of rotatable bonds is 9. The van der Waals surface area contributed by atoms with E-state index in [2.05, 4.69) is 6.58 Å². The van der Waals surface area contributed by atoms with E-state index in [9.17, 15) is 21.9 Å². The van der Waals surface area contributed by atoms with E-state index < -0.39 is 30.2 Å². The van der Waals surface area contributed by atoms with Gasteiger partial charge in [0.2, 0.25) is 0 Å². The fraction of sp³-hybridized carbons (Fsp3) is 0.263. The van der Waals surface area contributed by atoms with Crippen LogP contribution < -0.4 is 0 Å². The molecule has 0 unspecified atom stereocenters. The van der Waals surface area contributed by atoms with Gasteiger partial charge in [-0.15, -0.1) is 6.58 Å².